The fraction of sp³-hybridized carbons (Fsp3) is 0.435. The lowest BCUT2D eigenvalue weighted by molar-refractivity contribution is 0.188. The Morgan fingerprint density at radius 3 is 2.93 bits per heavy atom. The number of aryl methyl sites for hydroxylation is 2. The highest BCUT2D eigenvalue weighted by molar-refractivity contribution is 9.10. The van der Waals surface area contributed by atoms with Gasteiger partial charge in [0, 0.05) is 41.0 Å². The van der Waals surface area contributed by atoms with Crippen molar-refractivity contribution in [1.29, 1.82) is 0 Å². The van der Waals surface area contributed by atoms with Crippen LogP contribution in [0.2, 0.25) is 5.02 Å². The zero-order valence-electron chi connectivity index (χ0n) is 16.2. The van der Waals surface area contributed by atoms with E-state index in [2.05, 4.69) is 39.4 Å². The first-order valence-corrected chi connectivity index (χ1v) is 11.2. The molecule has 2 aromatic rings. The molecule has 1 atom stereocenters. The third-order valence-corrected chi connectivity index (χ3v) is 6.45. The molecule has 1 aromatic carbocycles. The number of fused-ring (bicyclic) bond motifs is 2. The van der Waals surface area contributed by atoms with Gasteiger partial charge in [0.25, 0.3) is 0 Å². The monoisotopic (exact) mass is 460 g/mol. The van der Waals surface area contributed by atoms with Gasteiger partial charge >= 0.3 is 0 Å². The van der Waals surface area contributed by atoms with E-state index in [1.165, 1.54) is 27.8 Å². The van der Waals surface area contributed by atoms with Crippen molar-refractivity contribution in [3.05, 3.63) is 67.9 Å². The summed E-state index contributed by atoms with van der Waals surface area (Å²) in [5, 5.41) is 4.50. The van der Waals surface area contributed by atoms with Crippen molar-refractivity contribution in [2.24, 2.45) is 0 Å². The number of aromatic nitrogens is 1. The number of benzene rings is 1. The van der Waals surface area contributed by atoms with Gasteiger partial charge in [-0.2, -0.15) is 0 Å². The number of hydrogen-bond acceptors (Lipinski definition) is 3. The number of nitrogens with zero attached hydrogens (tertiary/aromatic N) is 1. The molecule has 0 bridgehead atoms. The van der Waals surface area contributed by atoms with E-state index in [1.54, 1.807) is 7.11 Å². The SMILES string of the molecule is COCCC[C@H]1C/C(=C2/c3ccc(Cl)cc3CCc3cc(Br)cnc32)CCN1. The molecule has 1 aliphatic heterocycles. The van der Waals surface area contributed by atoms with Gasteiger partial charge in [0.15, 0.2) is 0 Å². The van der Waals surface area contributed by atoms with Gasteiger partial charge in [0.05, 0.1) is 5.69 Å². The van der Waals surface area contributed by atoms with Gasteiger partial charge in [-0.25, -0.2) is 0 Å². The van der Waals surface area contributed by atoms with Crippen molar-refractivity contribution in [3.8, 4) is 0 Å². The Kier molecular flexibility index (Phi) is 6.52. The van der Waals surface area contributed by atoms with Crippen molar-refractivity contribution in [3.63, 3.8) is 0 Å². The zero-order chi connectivity index (χ0) is 19.5. The maximum Gasteiger partial charge on any atom is 0.0740 e. The lowest BCUT2D eigenvalue weighted by Crippen LogP contribution is -2.35. The van der Waals surface area contributed by atoms with Crippen molar-refractivity contribution < 1.29 is 4.74 Å². The number of piperidine rings is 1. The van der Waals surface area contributed by atoms with E-state index in [4.69, 9.17) is 21.3 Å². The van der Waals surface area contributed by atoms with Crippen molar-refractivity contribution >= 4 is 33.1 Å². The van der Waals surface area contributed by atoms with Crippen LogP contribution in [0.4, 0.5) is 0 Å². The number of rotatable bonds is 4. The maximum atomic E-state index is 6.33. The summed E-state index contributed by atoms with van der Waals surface area (Å²) >= 11 is 9.93. The number of ether oxygens (including phenoxy) is 1. The summed E-state index contributed by atoms with van der Waals surface area (Å²) in [5.74, 6) is 0. The average molecular weight is 462 g/mol. The van der Waals surface area contributed by atoms with Gasteiger partial charge in [-0.1, -0.05) is 23.2 Å². The molecule has 0 radical (unpaired) electrons. The molecular weight excluding hydrogens is 436 g/mol. The predicted octanol–water partition coefficient (Wildman–Crippen LogP) is 5.58. The van der Waals surface area contributed by atoms with E-state index in [1.807, 2.05) is 12.3 Å². The van der Waals surface area contributed by atoms with Crippen molar-refractivity contribution in [1.82, 2.24) is 10.3 Å². The van der Waals surface area contributed by atoms with Crippen LogP contribution in [-0.2, 0) is 17.6 Å². The molecule has 1 aliphatic carbocycles. The fourth-order valence-corrected chi connectivity index (χ4v) is 5.04. The molecule has 1 aromatic heterocycles. The normalized spacial score (nSPS) is 21.8. The molecule has 0 amide bonds. The minimum absolute atomic E-state index is 0.504. The summed E-state index contributed by atoms with van der Waals surface area (Å²) < 4.78 is 6.29. The Labute approximate surface area is 180 Å². The Bertz CT molecular complexity index is 841. The Hall–Kier alpha value is -1.20. The van der Waals surface area contributed by atoms with Gasteiger partial charge in [-0.15, -0.1) is 0 Å². The summed E-state index contributed by atoms with van der Waals surface area (Å²) in [7, 11) is 1.77. The molecule has 2 aliphatic rings. The highest BCUT2D eigenvalue weighted by Crippen LogP contribution is 2.39. The molecule has 5 heteroatoms. The number of hydrogen-bond donors (Lipinski definition) is 1. The third kappa shape index (κ3) is 4.35. The molecule has 148 valence electrons. The van der Waals surface area contributed by atoms with Crippen LogP contribution < -0.4 is 5.32 Å². The van der Waals surface area contributed by atoms with E-state index in [0.29, 0.717) is 6.04 Å². The number of nitrogens with one attached hydrogen (secondary N) is 1. The van der Waals surface area contributed by atoms with Gasteiger partial charge in [0.2, 0.25) is 0 Å². The average Bonchev–Trinajstić information content (AvgIpc) is 2.85. The van der Waals surface area contributed by atoms with Crippen LogP contribution in [-0.4, -0.2) is 31.3 Å². The smallest absolute Gasteiger partial charge is 0.0740 e. The van der Waals surface area contributed by atoms with Gasteiger partial charge < -0.3 is 10.1 Å². The maximum absolute atomic E-state index is 6.33. The molecule has 28 heavy (non-hydrogen) atoms. The molecule has 1 N–H and O–H groups in total. The predicted molar refractivity (Wildman–Crippen MR) is 119 cm³/mol. The van der Waals surface area contributed by atoms with E-state index in [0.717, 1.165) is 66.9 Å². The first kappa shape index (κ1) is 20.1. The molecular formula is C23H26BrClN2O. The fourth-order valence-electron chi connectivity index (χ4n) is 4.47. The van der Waals surface area contributed by atoms with Crippen molar-refractivity contribution in [2.45, 2.75) is 44.6 Å². The first-order chi connectivity index (χ1) is 13.7. The van der Waals surface area contributed by atoms with Crippen LogP contribution in [0.5, 0.6) is 0 Å². The molecule has 3 nitrogen and oxygen atoms in total. The summed E-state index contributed by atoms with van der Waals surface area (Å²) in [5.41, 5.74) is 7.96. The third-order valence-electron chi connectivity index (χ3n) is 5.78. The van der Waals surface area contributed by atoms with Gasteiger partial charge in [-0.05, 0) is 95.9 Å². The van der Waals surface area contributed by atoms with E-state index >= 15 is 0 Å². The second-order valence-electron chi connectivity index (χ2n) is 7.68. The quantitative estimate of drug-likeness (QED) is 0.604. The molecule has 1 saturated heterocycles. The van der Waals surface area contributed by atoms with Crippen LogP contribution in [0.25, 0.3) is 5.57 Å². The van der Waals surface area contributed by atoms with Crippen LogP contribution in [0.15, 0.2) is 40.5 Å². The van der Waals surface area contributed by atoms with Gasteiger partial charge in [-0.3, -0.25) is 4.98 Å². The Morgan fingerprint density at radius 2 is 2.07 bits per heavy atom. The number of methoxy groups -OCH3 is 1. The zero-order valence-corrected chi connectivity index (χ0v) is 18.6. The summed E-state index contributed by atoms with van der Waals surface area (Å²) in [6, 6.07) is 9.08. The molecule has 0 unspecified atom stereocenters. The largest absolute Gasteiger partial charge is 0.385 e. The second kappa shape index (κ2) is 9.08. The molecule has 0 saturated carbocycles. The molecule has 4 rings (SSSR count). The minimum atomic E-state index is 0.504. The van der Waals surface area contributed by atoms with E-state index < -0.39 is 0 Å². The Balaban J connectivity index is 1.79. The van der Waals surface area contributed by atoms with Crippen LogP contribution in [0.1, 0.15) is 48.1 Å². The summed E-state index contributed by atoms with van der Waals surface area (Å²) in [4.78, 5) is 4.88. The van der Waals surface area contributed by atoms with Crippen LogP contribution in [0.3, 0.4) is 0 Å². The first-order valence-electron chi connectivity index (χ1n) is 10.0. The minimum Gasteiger partial charge on any atom is -0.385 e. The second-order valence-corrected chi connectivity index (χ2v) is 9.03. The lowest BCUT2D eigenvalue weighted by atomic mass is 9.86. The van der Waals surface area contributed by atoms with E-state index in [-0.39, 0.29) is 0 Å². The lowest BCUT2D eigenvalue weighted by Gasteiger charge is -2.28. The summed E-state index contributed by atoms with van der Waals surface area (Å²) in [6.45, 7) is 1.84. The highest BCUT2D eigenvalue weighted by Gasteiger charge is 2.26. The molecule has 0 spiro atoms. The summed E-state index contributed by atoms with van der Waals surface area (Å²) in [6.07, 6.45) is 8.27. The van der Waals surface area contributed by atoms with Crippen LogP contribution >= 0.6 is 27.5 Å². The standard InChI is InChI=1S/C23H26BrClN2O/c1-28-10-2-3-20-13-16(8-9-26-20)22-21-7-6-19(25)12-15(21)4-5-17-11-18(24)14-27-23(17)22/h6-7,11-12,14,20,26H,2-5,8-10,13H2,1H3/b22-16-/t20-/m0/s1. The highest BCUT2D eigenvalue weighted by atomic mass is 79.9. The number of halogens is 2. The number of pyridine rings is 1. The topological polar surface area (TPSA) is 34.1 Å². The van der Waals surface area contributed by atoms with E-state index in [9.17, 15) is 0 Å². The molecule has 2 heterocycles. The van der Waals surface area contributed by atoms with Crippen LogP contribution in [0, 0.1) is 0 Å². The van der Waals surface area contributed by atoms with Crippen molar-refractivity contribution in [2.75, 3.05) is 20.3 Å². The molecule has 1 fully saturated rings. The van der Waals surface area contributed by atoms with Gasteiger partial charge in [0.1, 0.15) is 0 Å². The Morgan fingerprint density at radius 1 is 1.21 bits per heavy atom.